The summed E-state index contributed by atoms with van der Waals surface area (Å²) < 4.78 is 0. The lowest BCUT2D eigenvalue weighted by Gasteiger charge is -2.12. The smallest absolute Gasteiger partial charge is 0.274 e. The van der Waals surface area contributed by atoms with Crippen LogP contribution in [0.25, 0.3) is 22.3 Å². The Morgan fingerprint density at radius 1 is 0.879 bits per heavy atom. The number of aryl methyl sites for hydroxylation is 1. The normalized spacial score (nSPS) is 10.7. The molecule has 0 saturated heterocycles. The Labute approximate surface area is 189 Å². The number of nitrogens with one attached hydrogen (secondary N) is 2. The molecule has 0 bridgehead atoms. The maximum Gasteiger partial charge on any atom is 0.274 e. The summed E-state index contributed by atoms with van der Waals surface area (Å²) in [6.07, 6.45) is 6.82. The number of rotatable bonds is 5. The van der Waals surface area contributed by atoms with E-state index in [2.05, 4.69) is 35.6 Å². The van der Waals surface area contributed by atoms with Crippen molar-refractivity contribution in [2.45, 2.75) is 6.92 Å². The number of aromatic nitrogens is 5. The predicted octanol–water partition coefficient (Wildman–Crippen LogP) is 4.79. The first kappa shape index (κ1) is 20.2. The molecule has 0 aliphatic carbocycles. The first-order chi connectivity index (χ1) is 16.2. The molecule has 33 heavy (non-hydrogen) atoms. The fraction of sp³-hybridized carbons (Fsp3) is 0.0400. The standard InChI is InChI=1S/C25H19N7O/c1-16-6-8-19(29-24(33)21-9-7-17-4-3-12-27-23(17)30-21)14-22(16)32-25-28-13-10-20(31-25)18-5-2-11-26-15-18/h2-15H,1H3,(H,29,33)(H,28,31,32). The van der Waals surface area contributed by atoms with Gasteiger partial charge in [0.25, 0.3) is 5.91 Å². The van der Waals surface area contributed by atoms with Gasteiger partial charge in [0.15, 0.2) is 5.65 Å². The van der Waals surface area contributed by atoms with E-state index in [4.69, 9.17) is 0 Å². The number of pyridine rings is 3. The molecule has 1 amide bonds. The first-order valence-corrected chi connectivity index (χ1v) is 10.3. The molecule has 0 fully saturated rings. The summed E-state index contributed by atoms with van der Waals surface area (Å²) in [6, 6.07) is 18.5. The van der Waals surface area contributed by atoms with Gasteiger partial charge in [0.05, 0.1) is 5.69 Å². The number of fused-ring (bicyclic) bond motifs is 1. The minimum Gasteiger partial charge on any atom is -0.324 e. The van der Waals surface area contributed by atoms with Crippen LogP contribution >= 0.6 is 0 Å². The largest absolute Gasteiger partial charge is 0.324 e. The topological polar surface area (TPSA) is 106 Å². The third-order valence-electron chi connectivity index (χ3n) is 5.05. The van der Waals surface area contributed by atoms with Crippen molar-refractivity contribution in [1.29, 1.82) is 0 Å². The lowest BCUT2D eigenvalue weighted by Crippen LogP contribution is -2.14. The van der Waals surface area contributed by atoms with E-state index in [0.717, 1.165) is 27.9 Å². The number of anilines is 3. The average Bonchev–Trinajstić information content (AvgIpc) is 2.86. The zero-order valence-corrected chi connectivity index (χ0v) is 17.7. The van der Waals surface area contributed by atoms with Crippen LogP contribution in [0, 0.1) is 6.92 Å². The van der Waals surface area contributed by atoms with Gasteiger partial charge >= 0.3 is 0 Å². The maximum atomic E-state index is 12.8. The van der Waals surface area contributed by atoms with E-state index in [0.29, 0.717) is 23.0 Å². The molecular formula is C25H19N7O. The Kier molecular flexibility index (Phi) is 5.38. The van der Waals surface area contributed by atoms with Crippen molar-refractivity contribution >= 4 is 34.3 Å². The molecule has 0 aliphatic rings. The van der Waals surface area contributed by atoms with E-state index in [1.165, 1.54) is 0 Å². The second-order valence-electron chi connectivity index (χ2n) is 7.36. The van der Waals surface area contributed by atoms with E-state index in [-0.39, 0.29) is 5.91 Å². The third-order valence-corrected chi connectivity index (χ3v) is 5.05. The van der Waals surface area contributed by atoms with Crippen LogP contribution in [0.3, 0.4) is 0 Å². The Balaban J connectivity index is 1.36. The summed E-state index contributed by atoms with van der Waals surface area (Å²) in [6.45, 7) is 1.97. The van der Waals surface area contributed by atoms with Gasteiger partial charge in [0, 0.05) is 47.1 Å². The average molecular weight is 433 g/mol. The van der Waals surface area contributed by atoms with Crippen LogP contribution in [0.4, 0.5) is 17.3 Å². The van der Waals surface area contributed by atoms with Gasteiger partial charge in [-0.3, -0.25) is 9.78 Å². The molecule has 1 aromatic carbocycles. The summed E-state index contributed by atoms with van der Waals surface area (Å²) in [7, 11) is 0. The van der Waals surface area contributed by atoms with E-state index >= 15 is 0 Å². The van der Waals surface area contributed by atoms with Crippen LogP contribution in [0.1, 0.15) is 16.1 Å². The van der Waals surface area contributed by atoms with Crippen molar-refractivity contribution in [3.8, 4) is 11.3 Å². The molecule has 5 rings (SSSR count). The van der Waals surface area contributed by atoms with Gasteiger partial charge in [-0.15, -0.1) is 0 Å². The van der Waals surface area contributed by atoms with E-state index in [1.54, 1.807) is 30.9 Å². The third kappa shape index (κ3) is 4.49. The minimum atomic E-state index is -0.313. The number of benzene rings is 1. The zero-order chi connectivity index (χ0) is 22.6. The molecule has 0 unspecified atom stereocenters. The number of hydrogen-bond donors (Lipinski definition) is 2. The highest BCUT2D eigenvalue weighted by atomic mass is 16.1. The number of hydrogen-bond acceptors (Lipinski definition) is 7. The molecule has 160 valence electrons. The van der Waals surface area contributed by atoms with Gasteiger partial charge < -0.3 is 10.6 Å². The molecule has 8 nitrogen and oxygen atoms in total. The van der Waals surface area contributed by atoms with Crippen LogP contribution in [-0.2, 0) is 0 Å². The number of amides is 1. The van der Waals surface area contributed by atoms with Gasteiger partial charge in [0.1, 0.15) is 5.69 Å². The zero-order valence-electron chi connectivity index (χ0n) is 17.7. The lowest BCUT2D eigenvalue weighted by molar-refractivity contribution is 0.102. The molecule has 8 heteroatoms. The Morgan fingerprint density at radius 2 is 1.79 bits per heavy atom. The first-order valence-electron chi connectivity index (χ1n) is 10.3. The molecule has 2 N–H and O–H groups in total. The lowest BCUT2D eigenvalue weighted by atomic mass is 10.1. The van der Waals surface area contributed by atoms with Crippen LogP contribution in [0.2, 0.25) is 0 Å². The van der Waals surface area contributed by atoms with Crippen LogP contribution < -0.4 is 10.6 Å². The summed E-state index contributed by atoms with van der Waals surface area (Å²) in [5.74, 6) is 0.136. The highest BCUT2D eigenvalue weighted by Crippen LogP contribution is 2.24. The number of nitrogens with zero attached hydrogens (tertiary/aromatic N) is 5. The van der Waals surface area contributed by atoms with Crippen molar-refractivity contribution in [2.24, 2.45) is 0 Å². The molecule has 0 spiro atoms. The van der Waals surface area contributed by atoms with Crippen molar-refractivity contribution < 1.29 is 4.79 Å². The molecule has 0 atom stereocenters. The molecular weight excluding hydrogens is 414 g/mol. The Hall–Kier alpha value is -4.72. The van der Waals surface area contributed by atoms with Crippen molar-refractivity contribution in [3.05, 3.63) is 96.7 Å². The van der Waals surface area contributed by atoms with Gasteiger partial charge in [0.2, 0.25) is 5.95 Å². The summed E-state index contributed by atoms with van der Waals surface area (Å²) in [4.78, 5) is 34.4. The van der Waals surface area contributed by atoms with E-state index in [9.17, 15) is 4.79 Å². The summed E-state index contributed by atoms with van der Waals surface area (Å²) in [5, 5.41) is 7.01. The molecule has 4 aromatic heterocycles. The summed E-state index contributed by atoms with van der Waals surface area (Å²) in [5.41, 5.74) is 4.88. The van der Waals surface area contributed by atoms with E-state index < -0.39 is 0 Å². The molecule has 5 aromatic rings. The van der Waals surface area contributed by atoms with Crippen molar-refractivity contribution in [1.82, 2.24) is 24.9 Å². The predicted molar refractivity (Wildman–Crippen MR) is 127 cm³/mol. The second kappa shape index (κ2) is 8.80. The Bertz CT molecular complexity index is 1450. The molecule has 0 aliphatic heterocycles. The van der Waals surface area contributed by atoms with Crippen LogP contribution in [0.5, 0.6) is 0 Å². The highest BCUT2D eigenvalue weighted by Gasteiger charge is 2.11. The quantitative estimate of drug-likeness (QED) is 0.411. The number of carbonyl (C=O) groups is 1. The Morgan fingerprint density at radius 3 is 2.67 bits per heavy atom. The monoisotopic (exact) mass is 433 g/mol. The van der Waals surface area contributed by atoms with Crippen molar-refractivity contribution in [2.75, 3.05) is 10.6 Å². The fourth-order valence-electron chi connectivity index (χ4n) is 3.32. The molecule has 0 saturated carbocycles. The van der Waals surface area contributed by atoms with Gasteiger partial charge in [-0.25, -0.2) is 19.9 Å². The van der Waals surface area contributed by atoms with Crippen LogP contribution in [-0.4, -0.2) is 30.8 Å². The van der Waals surface area contributed by atoms with Gasteiger partial charge in [-0.05, 0) is 67.1 Å². The fourth-order valence-corrected chi connectivity index (χ4v) is 3.32. The SMILES string of the molecule is Cc1ccc(NC(=O)c2ccc3cccnc3n2)cc1Nc1nccc(-c2cccnc2)n1. The van der Waals surface area contributed by atoms with E-state index in [1.807, 2.05) is 61.5 Å². The molecule has 0 radical (unpaired) electrons. The van der Waals surface area contributed by atoms with Gasteiger partial charge in [-0.1, -0.05) is 6.07 Å². The second-order valence-corrected chi connectivity index (χ2v) is 7.36. The van der Waals surface area contributed by atoms with Gasteiger partial charge in [-0.2, -0.15) is 0 Å². The maximum absolute atomic E-state index is 12.8. The highest BCUT2D eigenvalue weighted by molar-refractivity contribution is 6.04. The summed E-state index contributed by atoms with van der Waals surface area (Å²) >= 11 is 0. The molecule has 4 heterocycles. The van der Waals surface area contributed by atoms with Crippen molar-refractivity contribution in [3.63, 3.8) is 0 Å². The number of carbonyl (C=O) groups excluding carboxylic acids is 1. The van der Waals surface area contributed by atoms with Crippen LogP contribution in [0.15, 0.2) is 85.5 Å². The minimum absolute atomic E-state index is 0.295.